The SMILES string of the molecule is O=C1CC[C@H](N2Cc3c(ccc(C[C@H]4OCCC[C@@H]4N[C@H]4CC[C@H](F)CC4)c3F)C2=O)C(=O)N1. The predicted molar refractivity (Wildman–Crippen MR) is 119 cm³/mol. The van der Waals surface area contributed by atoms with Crippen molar-refractivity contribution >= 4 is 17.7 Å². The number of nitrogens with one attached hydrogen (secondary N) is 2. The normalized spacial score (nSPS) is 32.0. The van der Waals surface area contributed by atoms with Crippen molar-refractivity contribution in [2.45, 2.75) is 94.7 Å². The van der Waals surface area contributed by atoms with Crippen molar-refractivity contribution in [1.29, 1.82) is 0 Å². The smallest absolute Gasteiger partial charge is 0.255 e. The number of halogens is 2. The first-order valence-corrected chi connectivity index (χ1v) is 12.4. The number of alkyl halides is 1. The zero-order valence-corrected chi connectivity index (χ0v) is 19.2. The summed E-state index contributed by atoms with van der Waals surface area (Å²) in [7, 11) is 0. The summed E-state index contributed by atoms with van der Waals surface area (Å²) in [5, 5.41) is 5.90. The van der Waals surface area contributed by atoms with Gasteiger partial charge in [-0.15, -0.1) is 0 Å². The molecule has 3 heterocycles. The van der Waals surface area contributed by atoms with Crippen LogP contribution in [0.2, 0.25) is 0 Å². The van der Waals surface area contributed by atoms with Gasteiger partial charge in [0.2, 0.25) is 11.8 Å². The summed E-state index contributed by atoms with van der Waals surface area (Å²) in [5.41, 5.74) is 1.06. The molecular weight excluding hydrogens is 444 g/mol. The molecule has 0 aromatic heterocycles. The van der Waals surface area contributed by atoms with Crippen molar-refractivity contribution in [3.63, 3.8) is 0 Å². The van der Waals surface area contributed by atoms with Crippen LogP contribution in [0.15, 0.2) is 12.1 Å². The van der Waals surface area contributed by atoms with Crippen LogP contribution in [0.1, 0.15) is 72.9 Å². The molecule has 3 atom stereocenters. The van der Waals surface area contributed by atoms with Gasteiger partial charge in [-0.2, -0.15) is 0 Å². The van der Waals surface area contributed by atoms with Gasteiger partial charge in [-0.1, -0.05) is 6.07 Å². The molecule has 7 nitrogen and oxygen atoms in total. The third-order valence-electron chi connectivity index (χ3n) is 7.70. The van der Waals surface area contributed by atoms with Crippen LogP contribution in [0.4, 0.5) is 8.78 Å². The second-order valence-corrected chi connectivity index (χ2v) is 9.94. The third kappa shape index (κ3) is 4.60. The molecule has 1 saturated carbocycles. The molecule has 34 heavy (non-hydrogen) atoms. The van der Waals surface area contributed by atoms with Crippen molar-refractivity contribution in [2.75, 3.05) is 6.61 Å². The topological polar surface area (TPSA) is 87.7 Å². The first-order valence-electron chi connectivity index (χ1n) is 12.4. The second kappa shape index (κ2) is 9.70. The summed E-state index contributed by atoms with van der Waals surface area (Å²) in [6.07, 6.45) is 4.47. The van der Waals surface area contributed by atoms with Crippen LogP contribution in [0.3, 0.4) is 0 Å². The maximum absolute atomic E-state index is 15.6. The van der Waals surface area contributed by atoms with E-state index < -0.39 is 23.9 Å². The van der Waals surface area contributed by atoms with Crippen molar-refractivity contribution in [1.82, 2.24) is 15.5 Å². The van der Waals surface area contributed by atoms with E-state index in [1.807, 2.05) is 0 Å². The van der Waals surface area contributed by atoms with Gasteiger partial charge < -0.3 is 15.0 Å². The largest absolute Gasteiger partial charge is 0.376 e. The van der Waals surface area contributed by atoms with Crippen LogP contribution in [-0.2, 0) is 27.3 Å². The fraction of sp³-hybridized carbons (Fsp3) is 0.640. The van der Waals surface area contributed by atoms with Crippen molar-refractivity contribution in [2.24, 2.45) is 0 Å². The molecule has 2 saturated heterocycles. The van der Waals surface area contributed by atoms with Crippen molar-refractivity contribution < 1.29 is 27.9 Å². The maximum atomic E-state index is 15.6. The van der Waals surface area contributed by atoms with E-state index in [1.165, 1.54) is 4.90 Å². The Morgan fingerprint density at radius 2 is 1.88 bits per heavy atom. The lowest BCUT2D eigenvalue weighted by atomic mass is 9.90. The average Bonchev–Trinajstić information content (AvgIpc) is 3.15. The zero-order valence-electron chi connectivity index (χ0n) is 19.2. The standard InChI is InChI=1S/C25H31F2N3O4/c26-15-4-6-16(7-5-15)28-19-2-1-11-34-21(19)12-14-3-8-17-18(23(14)27)13-30(25(17)33)20-9-10-22(31)29-24(20)32/h3,8,15-16,19-21,28H,1-2,4-7,9-13H2,(H,29,31,32)/t15-,16-,19-,20-,21+/m0/s1. The monoisotopic (exact) mass is 475 g/mol. The average molecular weight is 476 g/mol. The first-order chi connectivity index (χ1) is 16.4. The molecule has 5 rings (SSSR count). The third-order valence-corrected chi connectivity index (χ3v) is 7.70. The molecule has 1 aromatic rings. The molecule has 184 valence electrons. The highest BCUT2D eigenvalue weighted by atomic mass is 19.1. The van der Waals surface area contributed by atoms with Crippen LogP contribution in [0, 0.1) is 5.82 Å². The van der Waals surface area contributed by atoms with Gasteiger partial charge in [-0.25, -0.2) is 8.78 Å². The number of nitrogens with zero attached hydrogens (tertiary/aromatic N) is 1. The van der Waals surface area contributed by atoms with E-state index in [2.05, 4.69) is 10.6 Å². The molecule has 4 aliphatic rings. The Balaban J connectivity index is 1.29. The number of fused-ring (bicyclic) bond motifs is 1. The van der Waals surface area contributed by atoms with E-state index >= 15 is 4.39 Å². The van der Waals surface area contributed by atoms with E-state index in [9.17, 15) is 18.8 Å². The molecule has 0 spiro atoms. The number of benzene rings is 1. The highest BCUT2D eigenvalue weighted by Crippen LogP contribution is 2.32. The van der Waals surface area contributed by atoms with Gasteiger partial charge in [0.1, 0.15) is 18.0 Å². The Kier molecular flexibility index (Phi) is 6.66. The van der Waals surface area contributed by atoms with E-state index in [-0.39, 0.29) is 55.0 Å². The number of hydrogen-bond donors (Lipinski definition) is 2. The van der Waals surface area contributed by atoms with Crippen molar-refractivity contribution in [3.8, 4) is 0 Å². The van der Waals surface area contributed by atoms with Crippen LogP contribution in [0.25, 0.3) is 0 Å². The number of piperidine rings is 1. The molecule has 0 radical (unpaired) electrons. The number of carbonyl (C=O) groups excluding carboxylic acids is 3. The van der Waals surface area contributed by atoms with Gasteiger partial charge >= 0.3 is 0 Å². The number of hydrogen-bond acceptors (Lipinski definition) is 5. The van der Waals surface area contributed by atoms with E-state index in [4.69, 9.17) is 4.74 Å². The van der Waals surface area contributed by atoms with Gasteiger partial charge in [0.15, 0.2) is 0 Å². The molecule has 0 bridgehead atoms. The van der Waals surface area contributed by atoms with E-state index in [0.717, 1.165) is 25.7 Å². The minimum absolute atomic E-state index is 0.0137. The lowest BCUT2D eigenvalue weighted by molar-refractivity contribution is -0.136. The molecule has 9 heteroatoms. The molecule has 1 aliphatic carbocycles. The summed E-state index contributed by atoms with van der Waals surface area (Å²) in [4.78, 5) is 38.0. The Morgan fingerprint density at radius 3 is 2.65 bits per heavy atom. The van der Waals surface area contributed by atoms with Gasteiger partial charge in [0.25, 0.3) is 5.91 Å². The van der Waals surface area contributed by atoms with Crippen LogP contribution in [-0.4, -0.2) is 59.6 Å². The number of amides is 3. The Labute approximate surface area is 197 Å². The first kappa shape index (κ1) is 23.4. The Bertz CT molecular complexity index is 979. The predicted octanol–water partition coefficient (Wildman–Crippen LogP) is 2.55. The molecule has 2 N–H and O–H groups in total. The maximum Gasteiger partial charge on any atom is 0.255 e. The van der Waals surface area contributed by atoms with Gasteiger partial charge in [-0.3, -0.25) is 19.7 Å². The molecule has 3 fully saturated rings. The summed E-state index contributed by atoms with van der Waals surface area (Å²) in [6.45, 7) is 0.633. The molecule has 0 unspecified atom stereocenters. The van der Waals surface area contributed by atoms with Crippen LogP contribution < -0.4 is 10.6 Å². The fourth-order valence-corrected chi connectivity index (χ4v) is 5.78. The summed E-state index contributed by atoms with van der Waals surface area (Å²) in [5.74, 6) is -1.67. The molecule has 1 aromatic carbocycles. The molecule has 3 aliphatic heterocycles. The van der Waals surface area contributed by atoms with E-state index in [1.54, 1.807) is 12.1 Å². The number of imide groups is 1. The summed E-state index contributed by atoms with van der Waals surface area (Å²) in [6, 6.07) is 2.84. The van der Waals surface area contributed by atoms with Crippen LogP contribution in [0.5, 0.6) is 0 Å². The number of rotatable bonds is 5. The van der Waals surface area contributed by atoms with Gasteiger partial charge in [0, 0.05) is 42.7 Å². The Morgan fingerprint density at radius 1 is 1.09 bits per heavy atom. The minimum Gasteiger partial charge on any atom is -0.376 e. The highest BCUT2D eigenvalue weighted by Gasteiger charge is 2.41. The summed E-state index contributed by atoms with van der Waals surface area (Å²) >= 11 is 0. The van der Waals surface area contributed by atoms with Gasteiger partial charge in [0.05, 0.1) is 12.6 Å². The molecule has 3 amide bonds. The fourth-order valence-electron chi connectivity index (χ4n) is 5.78. The number of carbonyl (C=O) groups is 3. The zero-order chi connectivity index (χ0) is 23.8. The minimum atomic E-state index is -0.768. The number of ether oxygens (including phenoxy) is 1. The second-order valence-electron chi connectivity index (χ2n) is 9.94. The van der Waals surface area contributed by atoms with Crippen LogP contribution >= 0.6 is 0 Å². The lowest BCUT2D eigenvalue weighted by Crippen LogP contribution is -2.52. The van der Waals surface area contributed by atoms with E-state index in [0.29, 0.717) is 37.0 Å². The molecular formula is C25H31F2N3O4. The Hall–Kier alpha value is -2.39. The summed E-state index contributed by atoms with van der Waals surface area (Å²) < 4.78 is 35.1. The van der Waals surface area contributed by atoms with Crippen molar-refractivity contribution in [3.05, 3.63) is 34.6 Å². The quantitative estimate of drug-likeness (QED) is 0.640. The highest BCUT2D eigenvalue weighted by molar-refractivity contribution is 6.05. The van der Waals surface area contributed by atoms with Gasteiger partial charge in [-0.05, 0) is 56.6 Å². The lowest BCUT2D eigenvalue weighted by Gasteiger charge is -2.37.